The Labute approximate surface area is 145 Å². The summed E-state index contributed by atoms with van der Waals surface area (Å²) in [6.07, 6.45) is 1.36. The molecule has 2 aromatic heterocycles. The molecule has 1 amide bonds. The molecule has 3 aromatic rings. The number of nitrogens with two attached hydrogens (primary N) is 1. The van der Waals surface area contributed by atoms with Crippen molar-refractivity contribution in [3.63, 3.8) is 0 Å². The van der Waals surface area contributed by atoms with Gasteiger partial charge in [-0.15, -0.1) is 16.4 Å². The smallest absolute Gasteiger partial charge is 0.357 e. The first-order chi connectivity index (χ1) is 12.0. The maximum Gasteiger partial charge on any atom is 0.357 e. The normalized spacial score (nSPS) is 10.6. The second kappa shape index (κ2) is 7.18. The molecule has 1 aromatic carbocycles. The third-order valence-electron chi connectivity index (χ3n) is 3.16. The molecule has 0 saturated heterocycles. The number of hydrogen-bond donors (Lipinski definition) is 1. The Bertz CT molecular complexity index is 923. The van der Waals surface area contributed by atoms with Crippen LogP contribution in [-0.4, -0.2) is 38.5 Å². The van der Waals surface area contributed by atoms with Gasteiger partial charge in [0.2, 0.25) is 0 Å². The number of carbonyl (C=O) groups is 2. The number of aromatic nitrogens is 4. The van der Waals surface area contributed by atoms with Crippen LogP contribution < -0.4 is 5.73 Å². The number of rotatable bonds is 6. The van der Waals surface area contributed by atoms with Crippen molar-refractivity contribution >= 4 is 23.2 Å². The van der Waals surface area contributed by atoms with Crippen LogP contribution in [0.2, 0.25) is 0 Å². The Morgan fingerprint density at radius 3 is 2.80 bits per heavy atom. The molecule has 3 rings (SSSR count). The summed E-state index contributed by atoms with van der Waals surface area (Å²) < 4.78 is 20.2. The minimum atomic E-state index is -0.689. The van der Waals surface area contributed by atoms with Crippen LogP contribution in [0.1, 0.15) is 21.0 Å². The number of ether oxygens (including phenoxy) is 1. The highest BCUT2D eigenvalue weighted by Crippen LogP contribution is 2.26. The molecule has 0 aliphatic heterocycles. The monoisotopic (exact) mass is 361 g/mol. The molecule has 2 N–H and O–H groups in total. The van der Waals surface area contributed by atoms with Gasteiger partial charge in [-0.25, -0.2) is 18.9 Å². The van der Waals surface area contributed by atoms with E-state index < -0.39 is 17.7 Å². The van der Waals surface area contributed by atoms with Crippen molar-refractivity contribution < 1.29 is 18.7 Å². The molecule has 25 heavy (non-hydrogen) atoms. The minimum absolute atomic E-state index is 0.00690. The van der Waals surface area contributed by atoms with E-state index in [-0.39, 0.29) is 24.5 Å². The highest BCUT2D eigenvalue weighted by Gasteiger charge is 2.15. The molecular formula is C15H12FN5O3S. The number of nitrogens with zero attached hydrogens (tertiary/aromatic N) is 4. The molecule has 0 saturated carbocycles. The zero-order chi connectivity index (χ0) is 17.8. The summed E-state index contributed by atoms with van der Waals surface area (Å²) in [5, 5.41) is 9.15. The fourth-order valence-electron chi connectivity index (χ4n) is 1.95. The Balaban J connectivity index is 1.58. The molecule has 0 aliphatic rings. The van der Waals surface area contributed by atoms with Crippen LogP contribution in [0.3, 0.4) is 0 Å². The fraction of sp³-hybridized carbons (Fsp3) is 0.133. The summed E-state index contributed by atoms with van der Waals surface area (Å²) in [5.74, 6) is -1.73. The number of thiazole rings is 1. The number of primary amides is 1. The zero-order valence-electron chi connectivity index (χ0n) is 12.8. The fourth-order valence-corrected chi connectivity index (χ4v) is 2.77. The van der Waals surface area contributed by atoms with Crippen LogP contribution in [0, 0.1) is 5.82 Å². The Kier molecular flexibility index (Phi) is 4.80. The van der Waals surface area contributed by atoms with Crippen molar-refractivity contribution in [2.24, 2.45) is 5.73 Å². The summed E-state index contributed by atoms with van der Waals surface area (Å²) >= 11 is 1.15. The van der Waals surface area contributed by atoms with Crippen molar-refractivity contribution in [2.45, 2.75) is 6.54 Å². The molecule has 0 bridgehead atoms. The summed E-state index contributed by atoms with van der Waals surface area (Å²) in [4.78, 5) is 27.0. The maximum atomic E-state index is 13.7. The van der Waals surface area contributed by atoms with Gasteiger partial charge in [0, 0.05) is 10.9 Å². The van der Waals surface area contributed by atoms with E-state index in [1.807, 2.05) is 0 Å². The molecule has 0 fully saturated rings. The Hall–Kier alpha value is -3.14. The number of benzene rings is 1. The van der Waals surface area contributed by atoms with Gasteiger partial charge in [0.15, 0.2) is 11.4 Å². The van der Waals surface area contributed by atoms with Crippen LogP contribution >= 0.6 is 11.3 Å². The second-order valence-corrected chi connectivity index (χ2v) is 5.74. The third-order valence-corrected chi connectivity index (χ3v) is 4.04. The van der Waals surface area contributed by atoms with E-state index in [1.54, 1.807) is 18.2 Å². The molecular weight excluding hydrogens is 349 g/mol. The first kappa shape index (κ1) is 16.7. The van der Waals surface area contributed by atoms with E-state index >= 15 is 0 Å². The highest BCUT2D eigenvalue weighted by molar-refractivity contribution is 7.13. The molecule has 0 radical (unpaired) electrons. The summed E-state index contributed by atoms with van der Waals surface area (Å²) in [6, 6.07) is 6.18. The SMILES string of the molecule is NC(=O)c1cn(CCOC(=O)c2csc(-c3ccccc3F)n2)nn1. The molecule has 0 aliphatic carbocycles. The number of amides is 1. The van der Waals surface area contributed by atoms with Gasteiger partial charge in [-0.2, -0.15) is 0 Å². The van der Waals surface area contributed by atoms with Gasteiger partial charge >= 0.3 is 5.97 Å². The second-order valence-electron chi connectivity index (χ2n) is 4.88. The van der Waals surface area contributed by atoms with Gasteiger partial charge < -0.3 is 10.5 Å². The van der Waals surface area contributed by atoms with Gasteiger partial charge in [-0.1, -0.05) is 17.3 Å². The van der Waals surface area contributed by atoms with Crippen molar-refractivity contribution in [2.75, 3.05) is 6.61 Å². The number of carbonyl (C=O) groups excluding carboxylic acids is 2. The first-order valence-corrected chi connectivity index (χ1v) is 8.00. The van der Waals surface area contributed by atoms with E-state index in [0.29, 0.717) is 10.6 Å². The standard InChI is InChI=1S/C15H12FN5O3S/c16-10-4-2-1-3-9(10)14-18-12(8-25-14)15(23)24-6-5-21-7-11(13(17)22)19-20-21/h1-4,7-8H,5-6H2,(H2,17,22). The lowest BCUT2D eigenvalue weighted by Gasteiger charge is -2.02. The van der Waals surface area contributed by atoms with E-state index in [1.165, 1.54) is 22.3 Å². The van der Waals surface area contributed by atoms with E-state index in [9.17, 15) is 14.0 Å². The highest BCUT2D eigenvalue weighted by atomic mass is 32.1. The average molecular weight is 361 g/mol. The van der Waals surface area contributed by atoms with E-state index in [2.05, 4.69) is 15.3 Å². The van der Waals surface area contributed by atoms with Crippen LogP contribution in [0.5, 0.6) is 0 Å². The number of esters is 1. The van der Waals surface area contributed by atoms with Crippen LogP contribution in [0.25, 0.3) is 10.6 Å². The van der Waals surface area contributed by atoms with Crippen LogP contribution in [0.15, 0.2) is 35.8 Å². The average Bonchev–Trinajstić information content (AvgIpc) is 3.24. The first-order valence-electron chi connectivity index (χ1n) is 7.12. The van der Waals surface area contributed by atoms with Crippen molar-refractivity contribution in [1.82, 2.24) is 20.0 Å². The molecule has 0 atom stereocenters. The zero-order valence-corrected chi connectivity index (χ0v) is 13.6. The molecule has 0 spiro atoms. The summed E-state index contributed by atoms with van der Waals surface area (Å²) in [7, 11) is 0. The van der Waals surface area contributed by atoms with Gasteiger partial charge in [-0.05, 0) is 12.1 Å². The third kappa shape index (κ3) is 3.86. The van der Waals surface area contributed by atoms with Crippen molar-refractivity contribution in [1.29, 1.82) is 0 Å². The summed E-state index contributed by atoms with van der Waals surface area (Å²) in [6.45, 7) is 0.212. The molecule has 128 valence electrons. The van der Waals surface area contributed by atoms with Crippen molar-refractivity contribution in [3.05, 3.63) is 53.0 Å². The quantitative estimate of drug-likeness (QED) is 0.666. The van der Waals surface area contributed by atoms with Gasteiger partial charge in [0.1, 0.15) is 17.4 Å². The molecule has 0 unspecified atom stereocenters. The van der Waals surface area contributed by atoms with Crippen LogP contribution in [0.4, 0.5) is 4.39 Å². The largest absolute Gasteiger partial charge is 0.459 e. The number of halogens is 1. The van der Waals surface area contributed by atoms with Gasteiger partial charge in [-0.3, -0.25) is 4.79 Å². The van der Waals surface area contributed by atoms with E-state index in [4.69, 9.17) is 10.5 Å². The maximum absolute atomic E-state index is 13.7. The Morgan fingerprint density at radius 1 is 1.28 bits per heavy atom. The lowest BCUT2D eigenvalue weighted by atomic mass is 10.2. The predicted octanol–water partition coefficient (Wildman–Crippen LogP) is 1.50. The lowest BCUT2D eigenvalue weighted by Crippen LogP contribution is -2.13. The van der Waals surface area contributed by atoms with Crippen molar-refractivity contribution in [3.8, 4) is 10.6 Å². The number of hydrogen-bond acceptors (Lipinski definition) is 7. The Morgan fingerprint density at radius 2 is 2.08 bits per heavy atom. The predicted molar refractivity (Wildman–Crippen MR) is 86.3 cm³/mol. The van der Waals surface area contributed by atoms with E-state index in [0.717, 1.165) is 11.3 Å². The summed E-state index contributed by atoms with van der Waals surface area (Å²) in [5.41, 5.74) is 5.52. The van der Waals surface area contributed by atoms with Crippen LogP contribution in [-0.2, 0) is 11.3 Å². The molecule has 8 nitrogen and oxygen atoms in total. The minimum Gasteiger partial charge on any atom is -0.459 e. The van der Waals surface area contributed by atoms with Gasteiger partial charge in [0.05, 0.1) is 12.7 Å². The van der Waals surface area contributed by atoms with Gasteiger partial charge in [0.25, 0.3) is 5.91 Å². The lowest BCUT2D eigenvalue weighted by molar-refractivity contribution is 0.0481. The topological polar surface area (TPSA) is 113 Å². The molecule has 10 heteroatoms. The molecule has 2 heterocycles.